The molecule has 2 aliphatic rings. The van der Waals surface area contributed by atoms with Crippen LogP contribution < -0.4 is 10.6 Å². The van der Waals surface area contributed by atoms with Crippen LogP contribution >= 0.6 is 0 Å². The monoisotopic (exact) mass is 518 g/mol. The summed E-state index contributed by atoms with van der Waals surface area (Å²) in [6.45, 7) is 15.6. The van der Waals surface area contributed by atoms with E-state index >= 15 is 0 Å². The molecule has 2 N–H and O–H groups in total. The number of fused-ring (bicyclic) bond motifs is 1. The molecule has 5 rings (SSSR count). The first-order valence-electron chi connectivity index (χ1n) is 13.4. The molecule has 1 aliphatic carbocycles. The second kappa shape index (κ2) is 10.0. The first-order chi connectivity index (χ1) is 18.1. The van der Waals surface area contributed by atoms with Crippen LogP contribution in [0.1, 0.15) is 63.1 Å². The van der Waals surface area contributed by atoms with E-state index < -0.39 is 0 Å². The fourth-order valence-electron chi connectivity index (χ4n) is 5.77. The van der Waals surface area contributed by atoms with Crippen molar-refractivity contribution >= 4 is 28.8 Å². The van der Waals surface area contributed by atoms with Gasteiger partial charge in [0.2, 0.25) is 17.6 Å². The molecule has 1 atom stereocenters. The average molecular weight is 519 g/mol. The number of nitrogens with zero attached hydrogens (tertiary/aromatic N) is 4. The Balaban J connectivity index is 1.35. The van der Waals surface area contributed by atoms with Crippen LogP contribution in [0.15, 0.2) is 47.9 Å². The third-order valence-electron chi connectivity index (χ3n) is 8.41. The van der Waals surface area contributed by atoms with Crippen LogP contribution in [0, 0.1) is 16.7 Å². The van der Waals surface area contributed by atoms with Crippen LogP contribution in [-0.2, 0) is 17.9 Å². The van der Waals surface area contributed by atoms with Crippen molar-refractivity contribution < 1.29 is 14.0 Å². The lowest BCUT2D eigenvalue weighted by atomic mass is 9.61. The molecule has 9 heteroatoms. The maximum atomic E-state index is 12.8. The topological polar surface area (TPSA) is 105 Å². The summed E-state index contributed by atoms with van der Waals surface area (Å²) in [5.41, 5.74) is 3.34. The van der Waals surface area contributed by atoms with E-state index in [-0.39, 0.29) is 28.4 Å². The van der Waals surface area contributed by atoms with E-state index in [0.717, 1.165) is 62.0 Å². The summed E-state index contributed by atoms with van der Waals surface area (Å²) in [6.07, 6.45) is 7.18. The Morgan fingerprint density at radius 1 is 1.32 bits per heavy atom. The zero-order valence-electron chi connectivity index (χ0n) is 22.8. The molecule has 1 saturated heterocycles. The highest BCUT2D eigenvalue weighted by molar-refractivity contribution is 6.01. The van der Waals surface area contributed by atoms with Crippen molar-refractivity contribution in [3.63, 3.8) is 0 Å². The van der Waals surface area contributed by atoms with E-state index in [1.54, 1.807) is 0 Å². The molecule has 0 radical (unpaired) electrons. The van der Waals surface area contributed by atoms with Crippen LogP contribution in [0.4, 0.5) is 5.95 Å². The van der Waals surface area contributed by atoms with Crippen LogP contribution in [0.5, 0.6) is 0 Å². The van der Waals surface area contributed by atoms with Crippen molar-refractivity contribution in [2.75, 3.05) is 18.4 Å². The van der Waals surface area contributed by atoms with E-state index in [1.165, 1.54) is 18.7 Å². The number of benzene rings is 1. The fourth-order valence-corrected chi connectivity index (χ4v) is 5.77. The van der Waals surface area contributed by atoms with Gasteiger partial charge < -0.3 is 19.2 Å². The number of oxazole rings is 1. The maximum absolute atomic E-state index is 12.8. The molecule has 0 bridgehead atoms. The van der Waals surface area contributed by atoms with Crippen LogP contribution in [0.2, 0.25) is 0 Å². The highest BCUT2D eigenvalue weighted by Gasteiger charge is 2.49. The number of nitrogens with one attached hydrogen (secondary N) is 2. The van der Waals surface area contributed by atoms with Gasteiger partial charge in [-0.3, -0.25) is 14.9 Å². The van der Waals surface area contributed by atoms with Crippen molar-refractivity contribution in [2.24, 2.45) is 16.7 Å². The molecule has 1 spiro atoms. The first-order valence-corrected chi connectivity index (χ1v) is 13.4. The molecule has 3 aromatic rings. The average Bonchev–Trinajstić information content (AvgIpc) is 3.61. The molecule has 9 nitrogen and oxygen atoms in total. The normalized spacial score (nSPS) is 22.0. The Bertz CT molecular complexity index is 1330. The highest BCUT2D eigenvalue weighted by atomic mass is 16.3. The molecule has 1 aromatic carbocycles. The Morgan fingerprint density at radius 3 is 2.79 bits per heavy atom. The summed E-state index contributed by atoms with van der Waals surface area (Å²) in [4.78, 5) is 35.4. The number of amides is 2. The largest absolute Gasteiger partial charge is 0.438 e. The fraction of sp³-hybridized carbons (Fsp3) is 0.517. The molecule has 0 unspecified atom stereocenters. The molecule has 38 heavy (non-hydrogen) atoms. The van der Waals surface area contributed by atoms with E-state index in [1.807, 2.05) is 4.90 Å². The van der Waals surface area contributed by atoms with Crippen LogP contribution in [-0.4, -0.2) is 50.4 Å². The maximum Gasteiger partial charge on any atom is 0.295 e. The third kappa shape index (κ3) is 5.25. The van der Waals surface area contributed by atoms with Gasteiger partial charge in [-0.1, -0.05) is 33.4 Å². The summed E-state index contributed by atoms with van der Waals surface area (Å²) in [6, 6.07) is 6.67. The molecule has 202 valence electrons. The number of hydrogen-bond donors (Lipinski definition) is 2. The number of aromatic nitrogens is 3. The minimum atomic E-state index is -0.376. The lowest BCUT2D eigenvalue weighted by Gasteiger charge is -2.45. The lowest BCUT2D eigenvalue weighted by molar-refractivity contribution is -0.125. The molecule has 1 saturated carbocycles. The van der Waals surface area contributed by atoms with Gasteiger partial charge in [-0.25, -0.2) is 9.97 Å². The van der Waals surface area contributed by atoms with Gasteiger partial charge in [0.15, 0.2) is 6.39 Å². The summed E-state index contributed by atoms with van der Waals surface area (Å²) < 4.78 is 7.30. The van der Waals surface area contributed by atoms with Gasteiger partial charge in [-0.05, 0) is 66.7 Å². The van der Waals surface area contributed by atoms with Crippen molar-refractivity contribution in [3.05, 3.63) is 54.8 Å². The first kappa shape index (κ1) is 26.2. The van der Waals surface area contributed by atoms with E-state index in [9.17, 15) is 9.59 Å². The van der Waals surface area contributed by atoms with Gasteiger partial charge in [-0.15, -0.1) is 0 Å². The molecular weight excluding hydrogens is 480 g/mol. The Morgan fingerprint density at radius 2 is 2.11 bits per heavy atom. The predicted octanol–water partition coefficient (Wildman–Crippen LogP) is 4.62. The number of rotatable bonds is 8. The van der Waals surface area contributed by atoms with Gasteiger partial charge in [0.1, 0.15) is 0 Å². The van der Waals surface area contributed by atoms with Gasteiger partial charge in [0.25, 0.3) is 5.91 Å². The second-order valence-corrected chi connectivity index (χ2v) is 12.1. The molecule has 1 aliphatic heterocycles. The number of imidazole rings is 1. The Labute approximate surface area is 223 Å². The number of carbonyl (C=O) groups is 2. The summed E-state index contributed by atoms with van der Waals surface area (Å²) in [5, 5.41) is 6.55. The van der Waals surface area contributed by atoms with Gasteiger partial charge in [0.05, 0.1) is 17.2 Å². The number of hydrogen-bond acceptors (Lipinski definition) is 6. The highest BCUT2D eigenvalue weighted by Crippen LogP contribution is 2.52. The molecule has 2 aromatic heterocycles. The van der Waals surface area contributed by atoms with Crippen molar-refractivity contribution in [1.29, 1.82) is 0 Å². The molecular formula is C29H38N6O3. The number of anilines is 1. The number of likely N-dealkylation sites (tertiary alicyclic amines) is 1. The minimum Gasteiger partial charge on any atom is -0.438 e. The summed E-state index contributed by atoms with van der Waals surface area (Å²) in [7, 11) is 0. The quantitative estimate of drug-likeness (QED) is 0.422. The predicted molar refractivity (Wildman–Crippen MR) is 146 cm³/mol. The SMILES string of the molecule is C=CC(=O)N1CCC2(CC(Cn3c(NC(=O)c4cnco4)nc4cc(CN[C@@H](C)C(C)(C)C)ccc43)C2)C1. The Hall–Kier alpha value is -3.46. The lowest BCUT2D eigenvalue weighted by Crippen LogP contribution is -2.42. The summed E-state index contributed by atoms with van der Waals surface area (Å²) in [5.74, 6) is 0.738. The van der Waals surface area contributed by atoms with Gasteiger partial charge in [-0.2, -0.15) is 0 Å². The number of carbonyl (C=O) groups excluding carboxylic acids is 2. The Kier molecular flexibility index (Phi) is 6.90. The van der Waals surface area contributed by atoms with Gasteiger partial charge in [0, 0.05) is 32.2 Å². The molecule has 3 heterocycles. The van der Waals surface area contributed by atoms with Gasteiger partial charge >= 0.3 is 0 Å². The second-order valence-electron chi connectivity index (χ2n) is 12.1. The van der Waals surface area contributed by atoms with Crippen LogP contribution in [0.25, 0.3) is 11.0 Å². The van der Waals surface area contributed by atoms with E-state index in [0.29, 0.717) is 17.9 Å². The molecule has 2 amide bonds. The van der Waals surface area contributed by atoms with Crippen molar-refractivity contribution in [3.8, 4) is 0 Å². The van der Waals surface area contributed by atoms with E-state index in [4.69, 9.17) is 9.40 Å². The summed E-state index contributed by atoms with van der Waals surface area (Å²) >= 11 is 0. The molecule has 2 fully saturated rings. The zero-order valence-corrected chi connectivity index (χ0v) is 22.8. The minimum absolute atomic E-state index is 0.0190. The van der Waals surface area contributed by atoms with Crippen molar-refractivity contribution in [1.82, 2.24) is 24.8 Å². The zero-order chi connectivity index (χ0) is 27.1. The smallest absolute Gasteiger partial charge is 0.295 e. The van der Waals surface area contributed by atoms with E-state index in [2.05, 4.69) is 72.7 Å². The third-order valence-corrected chi connectivity index (χ3v) is 8.41. The van der Waals surface area contributed by atoms with Crippen LogP contribution in [0.3, 0.4) is 0 Å². The van der Waals surface area contributed by atoms with Crippen molar-refractivity contribution in [2.45, 2.75) is 66.1 Å². The standard InChI is InChI=1S/C29H38N6O3/c1-6-25(36)34-10-9-29(17-34)12-21(13-29)16-35-23-8-7-20(14-31-19(2)28(3,4)5)11-22(23)32-27(35)33-26(37)24-15-30-18-38-24/h6-8,11,15,18-19,21,31H,1,9-10,12-14,16-17H2,2-5H3,(H,32,33,37)/t19-,21?,29?/m0/s1.